The topological polar surface area (TPSA) is 49.5 Å². The highest BCUT2D eigenvalue weighted by molar-refractivity contribution is 5.72. The van der Waals surface area contributed by atoms with Crippen LogP contribution < -0.4 is 0 Å². The summed E-state index contributed by atoms with van der Waals surface area (Å²) in [6.07, 6.45) is 4.08. The molecule has 0 saturated heterocycles. The normalized spacial score (nSPS) is 18.5. The quantitative estimate of drug-likeness (QED) is 0.918. The first-order chi connectivity index (χ1) is 9.15. The average Bonchev–Trinajstić information content (AvgIpc) is 2.94. The van der Waals surface area contributed by atoms with E-state index in [1.54, 1.807) is 0 Å². The van der Waals surface area contributed by atoms with Crippen LogP contribution in [0.15, 0.2) is 28.7 Å². The number of hydrogen-bond donors (Lipinski definition) is 1. The Labute approximate surface area is 113 Å². The Morgan fingerprint density at radius 2 is 2.05 bits per heavy atom. The molecule has 1 heterocycles. The van der Waals surface area contributed by atoms with Gasteiger partial charge in [-0.1, -0.05) is 25.0 Å². The van der Waals surface area contributed by atoms with Gasteiger partial charge in [0.1, 0.15) is 5.52 Å². The van der Waals surface area contributed by atoms with Gasteiger partial charge < -0.3 is 9.52 Å². The molecule has 3 rings (SSSR count). The van der Waals surface area contributed by atoms with E-state index in [-0.39, 0.29) is 0 Å². The molecule has 1 fully saturated rings. The summed E-state index contributed by atoms with van der Waals surface area (Å²) < 4.78 is 5.70. The molecule has 1 aliphatic rings. The summed E-state index contributed by atoms with van der Waals surface area (Å²) in [7, 11) is 2.01. The minimum atomic E-state index is -0.513. The van der Waals surface area contributed by atoms with Crippen LogP contribution in [-0.2, 0) is 6.54 Å². The van der Waals surface area contributed by atoms with E-state index in [0.29, 0.717) is 19.0 Å². The van der Waals surface area contributed by atoms with E-state index in [0.717, 1.165) is 36.8 Å². The third-order valence-electron chi connectivity index (χ3n) is 3.84. The van der Waals surface area contributed by atoms with E-state index in [2.05, 4.69) is 9.88 Å². The zero-order valence-electron chi connectivity index (χ0n) is 11.3. The van der Waals surface area contributed by atoms with Crippen LogP contribution in [0.1, 0.15) is 31.6 Å². The zero-order chi connectivity index (χ0) is 13.3. The van der Waals surface area contributed by atoms with Gasteiger partial charge >= 0.3 is 0 Å². The van der Waals surface area contributed by atoms with Gasteiger partial charge in [0.2, 0.25) is 5.89 Å². The van der Waals surface area contributed by atoms with Gasteiger partial charge in [0.05, 0.1) is 12.1 Å². The van der Waals surface area contributed by atoms with Gasteiger partial charge in [-0.2, -0.15) is 0 Å². The summed E-state index contributed by atoms with van der Waals surface area (Å²) in [6, 6.07) is 7.78. The van der Waals surface area contributed by atoms with Crippen molar-refractivity contribution in [3.8, 4) is 0 Å². The van der Waals surface area contributed by atoms with Gasteiger partial charge in [0.15, 0.2) is 5.58 Å². The predicted molar refractivity (Wildman–Crippen MR) is 73.8 cm³/mol. The highest BCUT2D eigenvalue weighted by Gasteiger charge is 2.32. The molecule has 1 aromatic heterocycles. The Bertz CT molecular complexity index is 525. The van der Waals surface area contributed by atoms with Gasteiger partial charge in [0.25, 0.3) is 0 Å². The highest BCUT2D eigenvalue weighted by atomic mass is 16.3. The van der Waals surface area contributed by atoms with E-state index in [4.69, 9.17) is 4.42 Å². The van der Waals surface area contributed by atoms with Crippen molar-refractivity contribution in [2.45, 2.75) is 37.8 Å². The summed E-state index contributed by atoms with van der Waals surface area (Å²) in [6.45, 7) is 1.32. The third kappa shape index (κ3) is 2.80. The lowest BCUT2D eigenvalue weighted by Gasteiger charge is -2.27. The average molecular weight is 260 g/mol. The maximum Gasteiger partial charge on any atom is 0.209 e. The molecule has 1 N–H and O–H groups in total. The summed E-state index contributed by atoms with van der Waals surface area (Å²) in [5.74, 6) is 0.713. The van der Waals surface area contributed by atoms with Crippen molar-refractivity contribution < 1.29 is 9.52 Å². The second kappa shape index (κ2) is 4.94. The van der Waals surface area contributed by atoms with Crippen LogP contribution >= 0.6 is 0 Å². The number of hydrogen-bond acceptors (Lipinski definition) is 4. The molecular formula is C15H20N2O2. The number of nitrogens with zero attached hydrogens (tertiary/aromatic N) is 2. The Morgan fingerprint density at radius 1 is 1.32 bits per heavy atom. The first-order valence-electron chi connectivity index (χ1n) is 6.90. The molecule has 1 saturated carbocycles. The Balaban J connectivity index is 1.67. The molecule has 4 heteroatoms. The number of rotatable bonds is 4. The Kier molecular flexibility index (Phi) is 3.29. The fourth-order valence-electron chi connectivity index (χ4n) is 2.97. The number of aromatic nitrogens is 1. The fourth-order valence-corrected chi connectivity index (χ4v) is 2.97. The molecule has 0 radical (unpaired) electrons. The smallest absolute Gasteiger partial charge is 0.209 e. The molecule has 2 aromatic rings. The van der Waals surface area contributed by atoms with Crippen molar-refractivity contribution in [3.63, 3.8) is 0 Å². The van der Waals surface area contributed by atoms with Crippen LogP contribution in [0.3, 0.4) is 0 Å². The summed E-state index contributed by atoms with van der Waals surface area (Å²) in [4.78, 5) is 6.55. The van der Waals surface area contributed by atoms with Crippen molar-refractivity contribution in [2.24, 2.45) is 0 Å². The van der Waals surface area contributed by atoms with Crippen molar-refractivity contribution in [1.82, 2.24) is 9.88 Å². The van der Waals surface area contributed by atoms with Crippen LogP contribution in [0.5, 0.6) is 0 Å². The number of fused-ring (bicyclic) bond motifs is 1. The third-order valence-corrected chi connectivity index (χ3v) is 3.84. The Morgan fingerprint density at radius 3 is 2.79 bits per heavy atom. The van der Waals surface area contributed by atoms with Crippen LogP contribution in [0.4, 0.5) is 0 Å². The van der Waals surface area contributed by atoms with Gasteiger partial charge in [-0.05, 0) is 32.0 Å². The maximum absolute atomic E-state index is 10.4. The fraction of sp³-hybridized carbons (Fsp3) is 0.533. The lowest BCUT2D eigenvalue weighted by molar-refractivity contribution is 0.0129. The first kappa shape index (κ1) is 12.6. The van der Waals surface area contributed by atoms with Crippen molar-refractivity contribution in [1.29, 1.82) is 0 Å². The van der Waals surface area contributed by atoms with E-state index in [9.17, 15) is 5.11 Å². The van der Waals surface area contributed by atoms with E-state index in [1.165, 1.54) is 0 Å². The summed E-state index contributed by atoms with van der Waals surface area (Å²) >= 11 is 0. The second-order valence-corrected chi connectivity index (χ2v) is 5.68. The van der Waals surface area contributed by atoms with Crippen molar-refractivity contribution in [3.05, 3.63) is 30.2 Å². The minimum Gasteiger partial charge on any atom is -0.439 e. The number of likely N-dealkylation sites (N-methyl/N-ethyl adjacent to an activating group) is 1. The monoisotopic (exact) mass is 260 g/mol. The molecule has 0 bridgehead atoms. The molecule has 0 spiro atoms. The standard InChI is InChI=1S/C15H20N2O2/c1-17(11-15(18)8-4-5-9-15)10-14-16-12-6-2-3-7-13(12)19-14/h2-3,6-7,18H,4-5,8-11H2,1H3. The molecule has 0 amide bonds. The van der Waals surface area contributed by atoms with Crippen LogP contribution in [0.2, 0.25) is 0 Å². The van der Waals surface area contributed by atoms with E-state index in [1.807, 2.05) is 31.3 Å². The molecule has 0 atom stereocenters. The number of oxazole rings is 1. The molecule has 1 aliphatic carbocycles. The van der Waals surface area contributed by atoms with E-state index >= 15 is 0 Å². The van der Waals surface area contributed by atoms with Crippen LogP contribution in [-0.4, -0.2) is 34.2 Å². The molecule has 4 nitrogen and oxygen atoms in total. The summed E-state index contributed by atoms with van der Waals surface area (Å²) in [5.41, 5.74) is 1.21. The van der Waals surface area contributed by atoms with Crippen molar-refractivity contribution in [2.75, 3.05) is 13.6 Å². The van der Waals surface area contributed by atoms with Gasteiger partial charge in [-0.25, -0.2) is 4.98 Å². The molecule has 0 aliphatic heterocycles. The lowest BCUT2D eigenvalue weighted by Crippen LogP contribution is -2.38. The van der Waals surface area contributed by atoms with E-state index < -0.39 is 5.60 Å². The second-order valence-electron chi connectivity index (χ2n) is 5.68. The molecule has 19 heavy (non-hydrogen) atoms. The lowest BCUT2D eigenvalue weighted by atomic mass is 10.0. The highest BCUT2D eigenvalue weighted by Crippen LogP contribution is 2.30. The maximum atomic E-state index is 10.4. The Hall–Kier alpha value is -1.39. The molecule has 1 aromatic carbocycles. The SMILES string of the molecule is CN(Cc1nc2ccccc2o1)CC1(O)CCCC1. The molecular weight excluding hydrogens is 240 g/mol. The van der Waals surface area contributed by atoms with Crippen LogP contribution in [0, 0.1) is 0 Å². The molecule has 102 valence electrons. The minimum absolute atomic E-state index is 0.513. The van der Waals surface area contributed by atoms with Gasteiger partial charge in [-0.3, -0.25) is 4.90 Å². The number of benzene rings is 1. The number of aliphatic hydroxyl groups is 1. The summed E-state index contributed by atoms with van der Waals surface area (Å²) in [5, 5.41) is 10.4. The zero-order valence-corrected chi connectivity index (χ0v) is 11.3. The first-order valence-corrected chi connectivity index (χ1v) is 6.90. The number of para-hydroxylation sites is 2. The van der Waals surface area contributed by atoms with Gasteiger partial charge in [0, 0.05) is 6.54 Å². The largest absolute Gasteiger partial charge is 0.439 e. The van der Waals surface area contributed by atoms with Crippen molar-refractivity contribution >= 4 is 11.1 Å². The van der Waals surface area contributed by atoms with Crippen LogP contribution in [0.25, 0.3) is 11.1 Å². The predicted octanol–water partition coefficient (Wildman–Crippen LogP) is 2.56. The van der Waals surface area contributed by atoms with Gasteiger partial charge in [-0.15, -0.1) is 0 Å². The molecule has 0 unspecified atom stereocenters.